The number of ether oxygens (including phenoxy) is 1. The minimum atomic E-state index is 0.275. The second-order valence-corrected chi connectivity index (χ2v) is 1.95. The molecule has 0 aromatic carbocycles. The highest BCUT2D eigenvalue weighted by atomic mass is 79.9. The number of oxazole rings is 1. The molecular weight excluding hydrogens is 174 g/mol. The molecule has 3 nitrogen and oxygen atoms in total. The van der Waals surface area contributed by atoms with Crippen molar-refractivity contribution in [3.63, 3.8) is 0 Å². The van der Waals surface area contributed by atoms with Gasteiger partial charge in [-0.25, -0.2) is 0 Å². The normalized spacial score (nSPS) is 9.25. The molecule has 0 saturated heterocycles. The summed E-state index contributed by atoms with van der Waals surface area (Å²) in [6, 6.07) is 0. The Hall–Kier alpha value is -0.510. The first-order valence-electron chi connectivity index (χ1n) is 1.98. The van der Waals surface area contributed by atoms with Crippen LogP contribution in [0.1, 0.15) is 0 Å². The summed E-state index contributed by atoms with van der Waals surface area (Å²) in [4.78, 5) is 3.76. The van der Waals surface area contributed by atoms with Gasteiger partial charge < -0.3 is 9.15 Å². The van der Waals surface area contributed by atoms with E-state index in [-0.39, 0.29) is 6.08 Å². The lowest BCUT2D eigenvalue weighted by Crippen LogP contribution is -1.79. The Morgan fingerprint density at radius 3 is 2.88 bits per heavy atom. The van der Waals surface area contributed by atoms with Gasteiger partial charge in [0.05, 0.1) is 7.11 Å². The molecule has 44 valence electrons. The number of aromatic nitrogens is 1. The van der Waals surface area contributed by atoms with Crippen molar-refractivity contribution in [3.05, 3.63) is 10.9 Å². The van der Waals surface area contributed by atoms with Crippen LogP contribution in [-0.2, 0) is 0 Å². The van der Waals surface area contributed by atoms with Crippen molar-refractivity contribution in [1.29, 1.82) is 0 Å². The van der Waals surface area contributed by atoms with Crippen LogP contribution in [0.4, 0.5) is 0 Å². The molecule has 4 heteroatoms. The van der Waals surface area contributed by atoms with E-state index in [1.54, 1.807) is 0 Å². The summed E-state index contributed by atoms with van der Waals surface area (Å²) in [6.45, 7) is 0. The summed E-state index contributed by atoms with van der Waals surface area (Å²) >= 11 is 3.09. The molecule has 0 unspecified atom stereocenters. The number of halogens is 1. The summed E-state index contributed by atoms with van der Waals surface area (Å²) in [5.41, 5.74) is 0. The molecule has 0 fully saturated rings. The van der Waals surface area contributed by atoms with Crippen LogP contribution in [0.2, 0.25) is 0 Å². The highest BCUT2D eigenvalue weighted by Gasteiger charge is 1.96. The lowest BCUT2D eigenvalue weighted by atomic mass is 11.0. The Kier molecular flexibility index (Phi) is 1.53. The van der Waals surface area contributed by atoms with Crippen LogP contribution in [0.3, 0.4) is 0 Å². The maximum Gasteiger partial charge on any atom is 0.394 e. The van der Waals surface area contributed by atoms with Gasteiger partial charge in [0.2, 0.25) is 0 Å². The lowest BCUT2D eigenvalue weighted by Gasteiger charge is -1.83. The molecule has 0 saturated carbocycles. The van der Waals surface area contributed by atoms with E-state index < -0.39 is 0 Å². The number of nitrogens with zero attached hydrogens (tertiary/aromatic N) is 1. The van der Waals surface area contributed by atoms with Gasteiger partial charge in [-0.05, 0) is 15.9 Å². The maximum atomic E-state index is 4.73. The fourth-order valence-corrected chi connectivity index (χ4v) is 0.571. The zero-order valence-corrected chi connectivity index (χ0v) is 5.81. The first kappa shape index (κ1) is 5.62. The summed E-state index contributed by atoms with van der Waals surface area (Å²) in [5.74, 6) is 0. The Balaban J connectivity index is 2.84. The molecule has 1 aromatic heterocycles. The first-order valence-corrected chi connectivity index (χ1v) is 2.77. The molecule has 0 atom stereocenters. The van der Waals surface area contributed by atoms with Crippen LogP contribution < -0.4 is 4.74 Å². The van der Waals surface area contributed by atoms with Crippen molar-refractivity contribution in [1.82, 2.24) is 4.98 Å². The molecule has 0 radical (unpaired) electrons. The molecular formula is C4H4BrNO2. The monoisotopic (exact) mass is 177 g/mol. The lowest BCUT2D eigenvalue weighted by molar-refractivity contribution is 0.290. The third-order valence-electron chi connectivity index (χ3n) is 0.630. The van der Waals surface area contributed by atoms with Crippen LogP contribution >= 0.6 is 15.9 Å². The largest absolute Gasteiger partial charge is 0.453 e. The molecule has 0 N–H and O–H groups in total. The molecule has 0 bridgehead atoms. The molecule has 0 amide bonds. The van der Waals surface area contributed by atoms with Crippen LogP contribution in [0, 0.1) is 0 Å². The summed E-state index contributed by atoms with van der Waals surface area (Å²) in [7, 11) is 1.50. The Morgan fingerprint density at radius 2 is 2.62 bits per heavy atom. The first-order chi connectivity index (χ1) is 3.83. The average molecular weight is 178 g/mol. The summed E-state index contributed by atoms with van der Waals surface area (Å²) < 4.78 is 10.0. The second kappa shape index (κ2) is 2.17. The van der Waals surface area contributed by atoms with E-state index in [1.165, 1.54) is 13.4 Å². The van der Waals surface area contributed by atoms with E-state index in [4.69, 9.17) is 4.42 Å². The minimum Gasteiger partial charge on any atom is -0.453 e. The molecule has 0 aliphatic heterocycles. The van der Waals surface area contributed by atoms with Crippen LogP contribution in [0.15, 0.2) is 15.3 Å². The predicted molar refractivity (Wildman–Crippen MR) is 30.8 cm³/mol. The standard InChI is InChI=1S/C4H4BrNO2/c1-7-4-6-3(5)2-8-4/h2H,1H3. The minimum absolute atomic E-state index is 0.275. The van der Waals surface area contributed by atoms with Crippen molar-refractivity contribution in [3.8, 4) is 6.08 Å². The van der Waals surface area contributed by atoms with Crippen LogP contribution in [-0.4, -0.2) is 12.1 Å². The third-order valence-corrected chi connectivity index (χ3v) is 0.994. The van der Waals surface area contributed by atoms with Gasteiger partial charge in [0.25, 0.3) is 0 Å². The van der Waals surface area contributed by atoms with E-state index in [1.807, 2.05) is 0 Å². The fourth-order valence-electron chi connectivity index (χ4n) is 0.333. The van der Waals surface area contributed by atoms with Crippen molar-refractivity contribution >= 4 is 15.9 Å². The summed E-state index contributed by atoms with van der Waals surface area (Å²) in [5, 5.41) is 0. The maximum absolute atomic E-state index is 4.73. The molecule has 0 aliphatic rings. The van der Waals surface area contributed by atoms with E-state index in [0.29, 0.717) is 4.60 Å². The quantitative estimate of drug-likeness (QED) is 0.652. The van der Waals surface area contributed by atoms with E-state index >= 15 is 0 Å². The highest BCUT2D eigenvalue weighted by Crippen LogP contribution is 2.13. The Labute approximate surface area is 54.8 Å². The van der Waals surface area contributed by atoms with Gasteiger partial charge in [-0.1, -0.05) is 0 Å². The SMILES string of the molecule is COc1nc(Br)co1. The predicted octanol–water partition coefficient (Wildman–Crippen LogP) is 1.45. The smallest absolute Gasteiger partial charge is 0.394 e. The van der Waals surface area contributed by atoms with Crippen LogP contribution in [0.25, 0.3) is 0 Å². The fraction of sp³-hybridized carbons (Fsp3) is 0.250. The van der Waals surface area contributed by atoms with E-state index in [9.17, 15) is 0 Å². The van der Waals surface area contributed by atoms with E-state index in [2.05, 4.69) is 25.7 Å². The van der Waals surface area contributed by atoms with Gasteiger partial charge in [0, 0.05) is 0 Å². The highest BCUT2D eigenvalue weighted by molar-refractivity contribution is 9.10. The van der Waals surface area contributed by atoms with Gasteiger partial charge in [-0.2, -0.15) is 4.98 Å². The molecule has 1 heterocycles. The third kappa shape index (κ3) is 1.01. The van der Waals surface area contributed by atoms with Crippen molar-refractivity contribution in [2.24, 2.45) is 0 Å². The van der Waals surface area contributed by atoms with E-state index in [0.717, 1.165) is 0 Å². The molecule has 8 heavy (non-hydrogen) atoms. The van der Waals surface area contributed by atoms with Crippen molar-refractivity contribution in [2.45, 2.75) is 0 Å². The number of hydrogen-bond donors (Lipinski definition) is 0. The van der Waals surface area contributed by atoms with Crippen molar-refractivity contribution in [2.75, 3.05) is 7.11 Å². The number of methoxy groups -OCH3 is 1. The molecule has 1 aromatic rings. The van der Waals surface area contributed by atoms with Gasteiger partial charge in [0.15, 0.2) is 0 Å². The second-order valence-electron chi connectivity index (χ2n) is 1.14. The topological polar surface area (TPSA) is 35.3 Å². The number of rotatable bonds is 1. The average Bonchev–Trinajstić information content (AvgIpc) is 2.14. The molecule has 0 aliphatic carbocycles. The van der Waals surface area contributed by atoms with Gasteiger partial charge >= 0.3 is 6.08 Å². The number of hydrogen-bond acceptors (Lipinski definition) is 3. The van der Waals surface area contributed by atoms with Crippen LogP contribution in [0.5, 0.6) is 6.08 Å². The van der Waals surface area contributed by atoms with Gasteiger partial charge in [-0.15, -0.1) is 0 Å². The van der Waals surface area contributed by atoms with Crippen molar-refractivity contribution < 1.29 is 9.15 Å². The summed E-state index contributed by atoms with van der Waals surface area (Å²) in [6.07, 6.45) is 1.73. The Bertz CT molecular complexity index is 174. The Morgan fingerprint density at radius 1 is 1.88 bits per heavy atom. The zero-order chi connectivity index (χ0) is 5.98. The van der Waals surface area contributed by atoms with Gasteiger partial charge in [-0.3, -0.25) is 0 Å². The molecule has 0 spiro atoms. The molecule has 1 rings (SSSR count). The van der Waals surface area contributed by atoms with Gasteiger partial charge in [0.1, 0.15) is 10.9 Å². The zero-order valence-electron chi connectivity index (χ0n) is 4.22.